The first-order valence-corrected chi connectivity index (χ1v) is 5.81. The van der Waals surface area contributed by atoms with Crippen LogP contribution in [-0.2, 0) is 0 Å². The maximum Gasteiger partial charge on any atom is 0.264 e. The molecule has 0 N–H and O–H groups in total. The second-order valence-electron chi connectivity index (χ2n) is 3.70. The lowest BCUT2D eigenvalue weighted by molar-refractivity contribution is 0.0769. The zero-order chi connectivity index (χ0) is 10.8. The van der Waals surface area contributed by atoms with Crippen LogP contribution in [-0.4, -0.2) is 23.4 Å². The molecule has 78 valence electrons. The molecule has 0 spiro atoms. The minimum Gasteiger partial charge on any atom is -0.322 e. The fourth-order valence-electron chi connectivity index (χ4n) is 1.83. The maximum absolute atomic E-state index is 12.0. The van der Waals surface area contributed by atoms with E-state index in [0.717, 1.165) is 22.6 Å². The molecule has 1 aliphatic rings. The van der Waals surface area contributed by atoms with Gasteiger partial charge in [0.1, 0.15) is 6.04 Å². The summed E-state index contributed by atoms with van der Waals surface area (Å²) >= 11 is 1.49. The Kier molecular flexibility index (Phi) is 2.74. The second kappa shape index (κ2) is 4.03. The van der Waals surface area contributed by atoms with Gasteiger partial charge in [0.2, 0.25) is 0 Å². The molecule has 3 nitrogen and oxygen atoms in total. The molecule has 15 heavy (non-hydrogen) atoms. The zero-order valence-electron chi connectivity index (χ0n) is 8.56. The van der Waals surface area contributed by atoms with E-state index in [1.54, 1.807) is 4.90 Å². The van der Waals surface area contributed by atoms with Gasteiger partial charge in [-0.2, -0.15) is 5.26 Å². The molecule has 1 aromatic heterocycles. The Morgan fingerprint density at radius 1 is 1.67 bits per heavy atom. The van der Waals surface area contributed by atoms with Crippen LogP contribution >= 0.6 is 11.3 Å². The molecule has 1 amide bonds. The average Bonchev–Trinajstić information content (AvgIpc) is 2.84. The summed E-state index contributed by atoms with van der Waals surface area (Å²) in [4.78, 5) is 15.6. The van der Waals surface area contributed by atoms with E-state index in [4.69, 9.17) is 5.26 Å². The van der Waals surface area contributed by atoms with Gasteiger partial charge in [0, 0.05) is 11.4 Å². The summed E-state index contributed by atoms with van der Waals surface area (Å²) in [6.07, 6.45) is 1.75. The third kappa shape index (κ3) is 1.88. The summed E-state index contributed by atoms with van der Waals surface area (Å²) in [5, 5.41) is 8.90. The van der Waals surface area contributed by atoms with Gasteiger partial charge in [-0.25, -0.2) is 0 Å². The highest BCUT2D eigenvalue weighted by molar-refractivity contribution is 7.13. The topological polar surface area (TPSA) is 44.1 Å². The highest BCUT2D eigenvalue weighted by Crippen LogP contribution is 2.23. The van der Waals surface area contributed by atoms with E-state index in [1.807, 2.05) is 19.1 Å². The molecule has 0 bridgehead atoms. The fourth-order valence-corrected chi connectivity index (χ4v) is 2.66. The maximum atomic E-state index is 12.0. The van der Waals surface area contributed by atoms with Gasteiger partial charge in [0.25, 0.3) is 5.91 Å². The highest BCUT2D eigenvalue weighted by atomic mass is 32.1. The van der Waals surface area contributed by atoms with Crippen LogP contribution in [0.4, 0.5) is 0 Å². The number of carbonyl (C=O) groups excluding carboxylic acids is 1. The van der Waals surface area contributed by atoms with Crippen molar-refractivity contribution in [2.24, 2.45) is 0 Å². The van der Waals surface area contributed by atoms with E-state index >= 15 is 0 Å². The third-order valence-electron chi connectivity index (χ3n) is 2.61. The van der Waals surface area contributed by atoms with Crippen LogP contribution in [0.25, 0.3) is 0 Å². The molecule has 0 aromatic carbocycles. The molecule has 1 fully saturated rings. The van der Waals surface area contributed by atoms with E-state index < -0.39 is 0 Å². The van der Waals surface area contributed by atoms with Crippen molar-refractivity contribution in [2.75, 3.05) is 6.54 Å². The van der Waals surface area contributed by atoms with Gasteiger partial charge in [-0.3, -0.25) is 4.79 Å². The molecule has 1 aromatic rings. The van der Waals surface area contributed by atoms with Crippen LogP contribution in [0.3, 0.4) is 0 Å². The number of hydrogen-bond acceptors (Lipinski definition) is 3. The van der Waals surface area contributed by atoms with Crippen molar-refractivity contribution >= 4 is 17.2 Å². The quantitative estimate of drug-likeness (QED) is 0.728. The largest absolute Gasteiger partial charge is 0.322 e. The molecule has 2 rings (SSSR count). The van der Waals surface area contributed by atoms with Crippen molar-refractivity contribution < 1.29 is 4.79 Å². The molecule has 1 atom stereocenters. The van der Waals surface area contributed by atoms with Gasteiger partial charge in [-0.1, -0.05) is 0 Å². The first-order valence-electron chi connectivity index (χ1n) is 4.99. The highest BCUT2D eigenvalue weighted by Gasteiger charge is 2.29. The minimum absolute atomic E-state index is 0.0113. The Bertz CT molecular complexity index is 418. The van der Waals surface area contributed by atoms with Crippen molar-refractivity contribution in [3.63, 3.8) is 0 Å². The van der Waals surface area contributed by atoms with Crippen molar-refractivity contribution in [3.05, 3.63) is 21.9 Å². The summed E-state index contributed by atoms with van der Waals surface area (Å²) in [7, 11) is 0. The lowest BCUT2D eigenvalue weighted by atomic mass is 10.2. The molecular weight excluding hydrogens is 208 g/mol. The number of rotatable bonds is 1. The number of nitrogens with zero attached hydrogens (tertiary/aromatic N) is 2. The van der Waals surface area contributed by atoms with Gasteiger partial charge in [-0.15, -0.1) is 11.3 Å². The Morgan fingerprint density at radius 3 is 3.07 bits per heavy atom. The first kappa shape index (κ1) is 10.2. The fraction of sp³-hybridized carbons (Fsp3) is 0.455. The smallest absolute Gasteiger partial charge is 0.264 e. The normalized spacial score (nSPS) is 20.3. The standard InChI is InChI=1S/C11H12N2OS/c1-8-4-5-10(15-8)11(14)13-6-2-3-9(13)7-12/h4-5,9H,2-3,6H2,1H3. The van der Waals surface area contributed by atoms with Crippen molar-refractivity contribution in [2.45, 2.75) is 25.8 Å². The molecular formula is C11H12N2OS. The van der Waals surface area contributed by atoms with Crippen LogP contribution in [0.15, 0.2) is 12.1 Å². The number of carbonyl (C=O) groups is 1. The lowest BCUT2D eigenvalue weighted by Crippen LogP contribution is -2.34. The van der Waals surface area contributed by atoms with E-state index in [2.05, 4.69) is 6.07 Å². The number of aryl methyl sites for hydroxylation is 1. The number of amides is 1. The molecule has 1 aliphatic heterocycles. The summed E-state index contributed by atoms with van der Waals surface area (Å²) < 4.78 is 0. The van der Waals surface area contributed by atoms with Crippen molar-refractivity contribution in [1.82, 2.24) is 4.90 Å². The minimum atomic E-state index is -0.222. The predicted molar refractivity (Wildman–Crippen MR) is 58.7 cm³/mol. The SMILES string of the molecule is Cc1ccc(C(=O)N2CCCC2C#N)s1. The Balaban J connectivity index is 2.18. The van der Waals surface area contributed by atoms with Crippen LogP contribution in [0.1, 0.15) is 27.4 Å². The van der Waals surface area contributed by atoms with E-state index in [1.165, 1.54) is 11.3 Å². The summed E-state index contributed by atoms with van der Waals surface area (Å²) in [5.74, 6) is 0.0113. The summed E-state index contributed by atoms with van der Waals surface area (Å²) in [6.45, 7) is 2.70. The van der Waals surface area contributed by atoms with E-state index in [-0.39, 0.29) is 11.9 Å². The van der Waals surface area contributed by atoms with E-state index in [0.29, 0.717) is 6.54 Å². The molecule has 0 radical (unpaired) electrons. The van der Waals surface area contributed by atoms with Crippen molar-refractivity contribution in [1.29, 1.82) is 5.26 Å². The van der Waals surface area contributed by atoms with Gasteiger partial charge < -0.3 is 4.90 Å². The van der Waals surface area contributed by atoms with Crippen LogP contribution < -0.4 is 0 Å². The molecule has 1 unspecified atom stereocenters. The Labute approximate surface area is 92.9 Å². The van der Waals surface area contributed by atoms with Crippen LogP contribution in [0, 0.1) is 18.3 Å². The Morgan fingerprint density at radius 2 is 2.47 bits per heavy atom. The summed E-state index contributed by atoms with van der Waals surface area (Å²) in [6, 6.07) is 5.74. The van der Waals surface area contributed by atoms with Gasteiger partial charge in [-0.05, 0) is 31.9 Å². The third-order valence-corrected chi connectivity index (χ3v) is 3.60. The lowest BCUT2D eigenvalue weighted by Gasteiger charge is -2.18. The van der Waals surface area contributed by atoms with Gasteiger partial charge >= 0.3 is 0 Å². The van der Waals surface area contributed by atoms with Crippen LogP contribution in [0.5, 0.6) is 0 Å². The van der Waals surface area contributed by atoms with Crippen LogP contribution in [0.2, 0.25) is 0 Å². The van der Waals surface area contributed by atoms with Gasteiger partial charge in [0.15, 0.2) is 0 Å². The predicted octanol–water partition coefficient (Wildman–Crippen LogP) is 2.18. The Hall–Kier alpha value is -1.34. The summed E-state index contributed by atoms with van der Waals surface area (Å²) in [5.41, 5.74) is 0. The van der Waals surface area contributed by atoms with Crippen molar-refractivity contribution in [3.8, 4) is 6.07 Å². The molecule has 4 heteroatoms. The first-order chi connectivity index (χ1) is 7.22. The average molecular weight is 220 g/mol. The molecule has 0 saturated carbocycles. The molecule has 1 saturated heterocycles. The molecule has 0 aliphatic carbocycles. The number of hydrogen-bond donors (Lipinski definition) is 0. The van der Waals surface area contributed by atoms with E-state index in [9.17, 15) is 4.79 Å². The monoisotopic (exact) mass is 220 g/mol. The number of likely N-dealkylation sites (tertiary alicyclic amines) is 1. The second-order valence-corrected chi connectivity index (χ2v) is 4.98. The molecule has 2 heterocycles. The zero-order valence-corrected chi connectivity index (χ0v) is 9.38. The number of thiophene rings is 1. The number of nitriles is 1. The van der Waals surface area contributed by atoms with Gasteiger partial charge in [0.05, 0.1) is 10.9 Å².